The highest BCUT2D eigenvalue weighted by Gasteiger charge is 2.67. The predicted molar refractivity (Wildman–Crippen MR) is 103 cm³/mol. The summed E-state index contributed by atoms with van der Waals surface area (Å²) in [5.41, 5.74) is 13.6. The molecule has 4 N–H and O–H groups in total. The Labute approximate surface area is 156 Å². The monoisotopic (exact) mass is 372 g/mol. The van der Waals surface area contributed by atoms with Gasteiger partial charge >= 0.3 is 0 Å². The van der Waals surface area contributed by atoms with Gasteiger partial charge in [0.2, 0.25) is 0 Å². The molecule has 0 amide bonds. The van der Waals surface area contributed by atoms with Crippen molar-refractivity contribution in [1.29, 1.82) is 0 Å². The first-order valence-electron chi connectivity index (χ1n) is 9.50. The number of halogens is 1. The maximum Gasteiger partial charge on any atom is 0.251 e. The van der Waals surface area contributed by atoms with Crippen LogP contribution < -0.4 is 26.7 Å². The normalized spacial score (nSPS) is 29.3. The quantitative estimate of drug-likeness (QED) is 0.856. The molecule has 5 rings (SSSR count). The van der Waals surface area contributed by atoms with E-state index in [9.17, 15) is 4.79 Å². The van der Waals surface area contributed by atoms with Gasteiger partial charge in [-0.1, -0.05) is 6.92 Å². The summed E-state index contributed by atoms with van der Waals surface area (Å²) in [4.78, 5) is 14.7. The molecule has 2 aliphatic carbocycles. The second-order valence-electron chi connectivity index (χ2n) is 8.70. The van der Waals surface area contributed by atoms with Gasteiger partial charge in [-0.15, -0.1) is 0 Å². The van der Waals surface area contributed by atoms with Crippen LogP contribution in [0.5, 0.6) is 5.75 Å². The Kier molecular flexibility index (Phi) is 3.30. The van der Waals surface area contributed by atoms with Gasteiger partial charge in [-0.25, -0.2) is 4.39 Å². The highest BCUT2D eigenvalue weighted by molar-refractivity contribution is 5.94. The van der Waals surface area contributed by atoms with Gasteiger partial charge in [0.15, 0.2) is 11.6 Å². The summed E-state index contributed by atoms with van der Waals surface area (Å²) in [6.45, 7) is 3.59. The van der Waals surface area contributed by atoms with Crippen molar-refractivity contribution in [2.75, 3.05) is 25.1 Å². The van der Waals surface area contributed by atoms with E-state index in [-0.39, 0.29) is 34.9 Å². The lowest BCUT2D eigenvalue weighted by molar-refractivity contribution is 0.412. The molecule has 1 aliphatic heterocycles. The Balaban J connectivity index is 1.79. The van der Waals surface area contributed by atoms with Gasteiger partial charge in [0, 0.05) is 48.1 Å². The summed E-state index contributed by atoms with van der Waals surface area (Å²) in [6.07, 6.45) is 2.85. The average Bonchev–Trinajstić information content (AvgIpc) is 3.50. The van der Waals surface area contributed by atoms with Crippen molar-refractivity contribution in [1.82, 2.24) is 4.57 Å². The van der Waals surface area contributed by atoms with Gasteiger partial charge in [0.1, 0.15) is 5.69 Å². The zero-order chi connectivity index (χ0) is 19.1. The van der Waals surface area contributed by atoms with E-state index >= 15 is 4.39 Å². The first-order chi connectivity index (χ1) is 12.8. The molecule has 3 fully saturated rings. The van der Waals surface area contributed by atoms with Crippen LogP contribution >= 0.6 is 0 Å². The van der Waals surface area contributed by atoms with E-state index in [1.807, 2.05) is 4.90 Å². The van der Waals surface area contributed by atoms with Crippen LogP contribution in [0.3, 0.4) is 0 Å². The van der Waals surface area contributed by atoms with Crippen LogP contribution in [0.1, 0.15) is 37.8 Å². The van der Waals surface area contributed by atoms with Crippen molar-refractivity contribution in [3.63, 3.8) is 0 Å². The Hall–Kier alpha value is -2.12. The van der Waals surface area contributed by atoms with E-state index in [1.165, 1.54) is 19.2 Å². The van der Waals surface area contributed by atoms with Crippen molar-refractivity contribution in [3.8, 4) is 5.75 Å². The van der Waals surface area contributed by atoms with Crippen molar-refractivity contribution in [2.45, 2.75) is 44.3 Å². The molecule has 1 aromatic heterocycles. The number of fused-ring (bicyclic) bond motifs is 2. The number of piperidine rings is 1. The van der Waals surface area contributed by atoms with Crippen LogP contribution in [0.25, 0.3) is 10.9 Å². The van der Waals surface area contributed by atoms with Gasteiger partial charge in [-0.05, 0) is 30.9 Å². The van der Waals surface area contributed by atoms with Crippen LogP contribution in [-0.4, -0.2) is 30.3 Å². The van der Waals surface area contributed by atoms with Crippen LogP contribution in [-0.2, 0) is 6.54 Å². The third-order valence-electron chi connectivity index (χ3n) is 6.75. The minimum Gasteiger partial charge on any atom is -0.492 e. The van der Waals surface area contributed by atoms with E-state index in [0.29, 0.717) is 41.0 Å². The summed E-state index contributed by atoms with van der Waals surface area (Å²) >= 11 is 0. The molecule has 0 radical (unpaired) electrons. The number of anilines is 1. The smallest absolute Gasteiger partial charge is 0.251 e. The Morgan fingerprint density at radius 2 is 2.07 bits per heavy atom. The van der Waals surface area contributed by atoms with E-state index in [1.54, 1.807) is 4.57 Å². The third kappa shape index (κ3) is 2.21. The predicted octanol–water partition coefficient (Wildman–Crippen LogP) is 1.87. The number of ether oxygens (including phenoxy) is 1. The maximum atomic E-state index is 15.3. The summed E-state index contributed by atoms with van der Waals surface area (Å²) in [5, 5.41) is 0.653. The number of nitrogens with two attached hydrogens (primary N) is 2. The fourth-order valence-corrected chi connectivity index (χ4v) is 4.94. The molecule has 0 bridgehead atoms. The van der Waals surface area contributed by atoms with Gasteiger partial charge in [-0.2, -0.15) is 0 Å². The zero-order valence-corrected chi connectivity index (χ0v) is 15.7. The molecule has 7 heteroatoms. The minimum absolute atomic E-state index is 0.00861. The van der Waals surface area contributed by atoms with Crippen molar-refractivity contribution in [2.24, 2.45) is 16.9 Å². The Morgan fingerprint density at radius 3 is 2.63 bits per heavy atom. The second kappa shape index (κ2) is 5.23. The number of hydrogen-bond acceptors (Lipinski definition) is 5. The number of aromatic nitrogens is 1. The van der Waals surface area contributed by atoms with Crippen molar-refractivity contribution >= 4 is 16.6 Å². The molecule has 2 unspecified atom stereocenters. The summed E-state index contributed by atoms with van der Waals surface area (Å²) in [5.74, 6) is 0.0568. The fraction of sp³-hybridized carbons (Fsp3) is 0.550. The highest BCUT2D eigenvalue weighted by Crippen LogP contribution is 2.60. The Bertz CT molecular complexity index is 1020. The fourth-order valence-electron chi connectivity index (χ4n) is 4.94. The average molecular weight is 372 g/mol. The van der Waals surface area contributed by atoms with Crippen LogP contribution in [0, 0.1) is 11.2 Å². The van der Waals surface area contributed by atoms with Crippen LogP contribution in [0.4, 0.5) is 10.1 Å². The maximum absolute atomic E-state index is 15.3. The number of hydrogen-bond donors (Lipinski definition) is 2. The molecule has 27 heavy (non-hydrogen) atoms. The number of benzene rings is 1. The van der Waals surface area contributed by atoms with E-state index < -0.39 is 0 Å². The summed E-state index contributed by atoms with van der Waals surface area (Å²) in [6, 6.07) is 3.17. The molecular weight excluding hydrogens is 347 g/mol. The first-order valence-corrected chi connectivity index (χ1v) is 9.50. The highest BCUT2D eigenvalue weighted by atomic mass is 19.1. The van der Waals surface area contributed by atoms with Gasteiger partial charge in [0.05, 0.1) is 12.6 Å². The molecule has 6 nitrogen and oxygen atoms in total. The van der Waals surface area contributed by atoms with Crippen LogP contribution in [0.2, 0.25) is 0 Å². The molecule has 144 valence electrons. The molecule has 2 saturated carbocycles. The van der Waals surface area contributed by atoms with Crippen molar-refractivity contribution in [3.05, 3.63) is 33.9 Å². The van der Waals surface area contributed by atoms with E-state index in [4.69, 9.17) is 16.2 Å². The molecule has 3 aliphatic rings. The zero-order valence-electron chi connectivity index (χ0n) is 15.7. The lowest BCUT2D eigenvalue weighted by Crippen LogP contribution is -2.34. The standard InChI is InChI=1S/C20H25FN4O2/c1-19-8-20(19,23)10-24(9-19)17-14(21)6-13-11(7-22)5-15(26)25(12-3-4-12)16(13)18(17)27-2/h5-6,12H,3-4,7-10,22-23H2,1-2H3. The molecule has 2 aromatic rings. The van der Waals surface area contributed by atoms with Crippen molar-refractivity contribution < 1.29 is 9.13 Å². The molecule has 2 heterocycles. The minimum atomic E-state index is -0.358. The molecule has 0 spiro atoms. The molecule has 2 atom stereocenters. The summed E-state index contributed by atoms with van der Waals surface area (Å²) < 4.78 is 22.8. The largest absolute Gasteiger partial charge is 0.492 e. The second-order valence-corrected chi connectivity index (χ2v) is 8.70. The molecule has 1 aromatic carbocycles. The number of nitrogens with zero attached hydrogens (tertiary/aromatic N) is 2. The van der Waals surface area contributed by atoms with Crippen LogP contribution in [0.15, 0.2) is 16.9 Å². The SMILES string of the molecule is COc1c(N2CC3(C)CC3(N)C2)c(F)cc2c(CN)cc(=O)n(C3CC3)c12. The summed E-state index contributed by atoms with van der Waals surface area (Å²) in [7, 11) is 1.53. The topological polar surface area (TPSA) is 86.5 Å². The number of rotatable bonds is 4. The van der Waals surface area contributed by atoms with E-state index in [0.717, 1.165) is 19.3 Å². The van der Waals surface area contributed by atoms with E-state index in [2.05, 4.69) is 6.92 Å². The lowest BCUT2D eigenvalue weighted by atomic mass is 10.0. The number of pyridine rings is 1. The Morgan fingerprint density at radius 1 is 1.33 bits per heavy atom. The first kappa shape index (κ1) is 17.0. The number of methoxy groups -OCH3 is 1. The molecular formula is C20H25FN4O2. The molecule has 1 saturated heterocycles. The van der Waals surface area contributed by atoms with Gasteiger partial charge < -0.3 is 25.7 Å². The lowest BCUT2D eigenvalue weighted by Gasteiger charge is -2.27. The van der Waals surface area contributed by atoms with Gasteiger partial charge in [-0.3, -0.25) is 4.79 Å². The van der Waals surface area contributed by atoms with Gasteiger partial charge in [0.25, 0.3) is 5.56 Å². The third-order valence-corrected chi connectivity index (χ3v) is 6.75.